The van der Waals surface area contributed by atoms with Gasteiger partial charge in [-0.15, -0.1) is 5.10 Å². The van der Waals surface area contributed by atoms with Crippen molar-refractivity contribution in [3.05, 3.63) is 41.2 Å². The van der Waals surface area contributed by atoms with Gasteiger partial charge in [0.15, 0.2) is 5.69 Å². The highest BCUT2D eigenvalue weighted by Gasteiger charge is 2.16. The van der Waals surface area contributed by atoms with E-state index in [0.29, 0.717) is 11.6 Å². The number of benzene rings is 1. The number of aryl methyl sites for hydroxylation is 1. The normalized spacial score (nSPS) is 10.7. The van der Waals surface area contributed by atoms with E-state index in [9.17, 15) is 0 Å². The van der Waals surface area contributed by atoms with Gasteiger partial charge in [0.2, 0.25) is 0 Å². The first kappa shape index (κ1) is 13.3. The van der Waals surface area contributed by atoms with Crippen molar-refractivity contribution in [2.24, 2.45) is 5.92 Å². The Balaban J connectivity index is 2.56. The molecule has 0 amide bonds. The predicted octanol–water partition coefficient (Wildman–Crippen LogP) is 2.90. The van der Waals surface area contributed by atoms with E-state index in [-0.39, 0.29) is 0 Å². The van der Waals surface area contributed by atoms with Crippen LogP contribution in [0.5, 0.6) is 0 Å². The zero-order chi connectivity index (χ0) is 13.8. The van der Waals surface area contributed by atoms with Crippen molar-refractivity contribution in [3.8, 4) is 11.8 Å². The summed E-state index contributed by atoms with van der Waals surface area (Å²) in [7, 11) is 0. The Morgan fingerprint density at radius 2 is 2.05 bits per heavy atom. The summed E-state index contributed by atoms with van der Waals surface area (Å²) in [5, 5.41) is 17.3. The van der Waals surface area contributed by atoms with Crippen LogP contribution in [0.2, 0.25) is 0 Å². The molecule has 4 nitrogen and oxygen atoms in total. The van der Waals surface area contributed by atoms with Gasteiger partial charge in [0.1, 0.15) is 6.07 Å². The van der Waals surface area contributed by atoms with Gasteiger partial charge in [0, 0.05) is 0 Å². The highest BCUT2D eigenvalue weighted by atomic mass is 15.4. The van der Waals surface area contributed by atoms with Crippen LogP contribution in [0, 0.1) is 17.2 Å². The number of nitriles is 1. The SMILES string of the molecule is CCc1ccccc1-n1nnc(C#N)c1CC(C)C. The molecule has 4 heteroatoms. The van der Waals surface area contributed by atoms with Crippen molar-refractivity contribution in [2.75, 3.05) is 0 Å². The molecule has 0 aliphatic rings. The summed E-state index contributed by atoms with van der Waals surface area (Å²) < 4.78 is 1.82. The van der Waals surface area contributed by atoms with E-state index in [0.717, 1.165) is 24.2 Å². The number of aromatic nitrogens is 3. The zero-order valence-corrected chi connectivity index (χ0v) is 11.6. The van der Waals surface area contributed by atoms with Crippen molar-refractivity contribution in [2.45, 2.75) is 33.6 Å². The Morgan fingerprint density at radius 1 is 1.32 bits per heavy atom. The Kier molecular flexibility index (Phi) is 3.96. The second-order valence-corrected chi connectivity index (χ2v) is 4.99. The van der Waals surface area contributed by atoms with Crippen LogP contribution in [-0.4, -0.2) is 15.0 Å². The largest absolute Gasteiger partial charge is 0.216 e. The van der Waals surface area contributed by atoms with E-state index in [1.165, 1.54) is 5.56 Å². The third-order valence-electron chi connectivity index (χ3n) is 3.07. The highest BCUT2D eigenvalue weighted by Crippen LogP contribution is 2.19. The van der Waals surface area contributed by atoms with Crippen LogP contribution in [0.15, 0.2) is 24.3 Å². The minimum atomic E-state index is 0.430. The average molecular weight is 254 g/mol. The van der Waals surface area contributed by atoms with Crippen molar-refractivity contribution in [1.82, 2.24) is 15.0 Å². The lowest BCUT2D eigenvalue weighted by atomic mass is 10.1. The number of rotatable bonds is 4. The topological polar surface area (TPSA) is 54.5 Å². The van der Waals surface area contributed by atoms with E-state index in [2.05, 4.69) is 43.2 Å². The minimum absolute atomic E-state index is 0.430. The lowest BCUT2D eigenvalue weighted by Crippen LogP contribution is -2.08. The van der Waals surface area contributed by atoms with E-state index < -0.39 is 0 Å². The molecule has 0 aliphatic heterocycles. The molecule has 2 rings (SSSR count). The first-order valence-electron chi connectivity index (χ1n) is 6.60. The molecule has 0 saturated carbocycles. The van der Waals surface area contributed by atoms with Crippen molar-refractivity contribution >= 4 is 0 Å². The summed E-state index contributed by atoms with van der Waals surface area (Å²) in [4.78, 5) is 0. The molecule has 1 aromatic carbocycles. The van der Waals surface area contributed by atoms with Gasteiger partial charge in [0.05, 0.1) is 11.4 Å². The fourth-order valence-electron chi connectivity index (χ4n) is 2.17. The highest BCUT2D eigenvalue weighted by molar-refractivity contribution is 5.43. The van der Waals surface area contributed by atoms with E-state index in [1.54, 1.807) is 0 Å². The van der Waals surface area contributed by atoms with E-state index in [1.807, 2.05) is 22.9 Å². The second kappa shape index (κ2) is 5.66. The fourth-order valence-corrected chi connectivity index (χ4v) is 2.17. The third kappa shape index (κ3) is 2.65. The molecule has 19 heavy (non-hydrogen) atoms. The minimum Gasteiger partial charge on any atom is -0.216 e. The standard InChI is InChI=1S/C15H18N4/c1-4-12-7-5-6-8-14(12)19-15(9-11(2)3)13(10-16)17-18-19/h5-8,11H,4,9H2,1-3H3. The molecule has 1 heterocycles. The third-order valence-corrected chi connectivity index (χ3v) is 3.07. The summed E-state index contributed by atoms with van der Waals surface area (Å²) in [5.41, 5.74) is 3.56. The Bertz CT molecular complexity index is 605. The first-order valence-corrected chi connectivity index (χ1v) is 6.60. The van der Waals surface area contributed by atoms with Crippen LogP contribution in [-0.2, 0) is 12.8 Å². The van der Waals surface area contributed by atoms with E-state index in [4.69, 9.17) is 5.26 Å². The summed E-state index contributed by atoms with van der Waals surface area (Å²) in [6, 6.07) is 10.3. The monoisotopic (exact) mass is 254 g/mol. The smallest absolute Gasteiger partial charge is 0.186 e. The van der Waals surface area contributed by atoms with Crippen molar-refractivity contribution < 1.29 is 0 Å². The summed E-state index contributed by atoms with van der Waals surface area (Å²) >= 11 is 0. The quantitative estimate of drug-likeness (QED) is 0.843. The van der Waals surface area contributed by atoms with Crippen LogP contribution in [0.1, 0.15) is 37.7 Å². The van der Waals surface area contributed by atoms with Gasteiger partial charge in [0.25, 0.3) is 0 Å². The van der Waals surface area contributed by atoms with Gasteiger partial charge < -0.3 is 0 Å². The summed E-state index contributed by atoms with van der Waals surface area (Å²) in [6.45, 7) is 6.37. The molecular formula is C15H18N4. The number of hydrogen-bond acceptors (Lipinski definition) is 3. The fraction of sp³-hybridized carbons (Fsp3) is 0.400. The maximum Gasteiger partial charge on any atom is 0.186 e. The molecule has 0 N–H and O–H groups in total. The summed E-state index contributed by atoms with van der Waals surface area (Å²) in [6.07, 6.45) is 1.73. The van der Waals surface area contributed by atoms with Gasteiger partial charge in [-0.25, -0.2) is 4.68 Å². The van der Waals surface area contributed by atoms with Crippen molar-refractivity contribution in [3.63, 3.8) is 0 Å². The molecule has 0 aliphatic carbocycles. The van der Waals surface area contributed by atoms with Gasteiger partial charge >= 0.3 is 0 Å². The second-order valence-electron chi connectivity index (χ2n) is 4.99. The molecule has 0 atom stereocenters. The maximum absolute atomic E-state index is 9.15. The molecule has 0 fully saturated rings. The zero-order valence-electron chi connectivity index (χ0n) is 11.6. The first-order chi connectivity index (χ1) is 9.17. The summed E-state index contributed by atoms with van der Waals surface area (Å²) in [5.74, 6) is 0.457. The van der Waals surface area contributed by atoms with Gasteiger partial charge in [-0.05, 0) is 30.4 Å². The average Bonchev–Trinajstić information content (AvgIpc) is 2.80. The molecule has 0 saturated heterocycles. The van der Waals surface area contributed by atoms with Crippen LogP contribution in [0.3, 0.4) is 0 Å². The van der Waals surface area contributed by atoms with Gasteiger partial charge in [-0.3, -0.25) is 0 Å². The molecule has 98 valence electrons. The molecule has 1 aromatic heterocycles. The van der Waals surface area contributed by atoms with Gasteiger partial charge in [-0.2, -0.15) is 5.26 Å². The van der Waals surface area contributed by atoms with Crippen LogP contribution in [0.4, 0.5) is 0 Å². The van der Waals surface area contributed by atoms with Gasteiger partial charge in [-0.1, -0.05) is 44.2 Å². The number of nitrogens with zero attached hydrogens (tertiary/aromatic N) is 4. The Morgan fingerprint density at radius 3 is 2.68 bits per heavy atom. The molecular weight excluding hydrogens is 236 g/mol. The molecule has 0 unspecified atom stereocenters. The molecule has 0 spiro atoms. The van der Waals surface area contributed by atoms with Crippen LogP contribution in [0.25, 0.3) is 5.69 Å². The van der Waals surface area contributed by atoms with Crippen LogP contribution < -0.4 is 0 Å². The number of para-hydroxylation sites is 1. The molecule has 0 bridgehead atoms. The lowest BCUT2D eigenvalue weighted by molar-refractivity contribution is 0.612. The predicted molar refractivity (Wildman–Crippen MR) is 74.0 cm³/mol. The van der Waals surface area contributed by atoms with Crippen LogP contribution >= 0.6 is 0 Å². The molecule has 2 aromatic rings. The maximum atomic E-state index is 9.15. The molecule has 0 radical (unpaired) electrons. The Hall–Kier alpha value is -2.15. The number of hydrogen-bond donors (Lipinski definition) is 0. The Labute approximate surface area is 113 Å². The van der Waals surface area contributed by atoms with Crippen molar-refractivity contribution in [1.29, 1.82) is 5.26 Å². The lowest BCUT2D eigenvalue weighted by Gasteiger charge is -2.11. The van der Waals surface area contributed by atoms with E-state index >= 15 is 0 Å².